The number of para-hydroxylation sites is 1. The largest absolute Gasteiger partial charge is 0.467 e. The number of nitrogens with two attached hydrogens (primary N) is 1. The lowest BCUT2D eigenvalue weighted by molar-refractivity contribution is -0.145. The van der Waals surface area contributed by atoms with E-state index in [9.17, 15) is 28.8 Å². The van der Waals surface area contributed by atoms with E-state index in [1.165, 1.54) is 18.2 Å². The van der Waals surface area contributed by atoms with Crippen LogP contribution in [0, 0.1) is 0 Å². The number of pyridine rings is 1. The van der Waals surface area contributed by atoms with E-state index in [0.717, 1.165) is 0 Å². The van der Waals surface area contributed by atoms with Gasteiger partial charge in [0.15, 0.2) is 0 Å². The molecule has 0 radical (unpaired) electrons. The average molecular weight is 555 g/mol. The van der Waals surface area contributed by atoms with Gasteiger partial charge < -0.3 is 31.3 Å². The molecule has 1 aliphatic rings. The van der Waals surface area contributed by atoms with Crippen molar-refractivity contribution < 1.29 is 33.5 Å². The number of ether oxygens (including phenoxy) is 1. The number of rotatable bonds is 13. The Kier molecular flexibility index (Phi) is 11.1. The van der Waals surface area contributed by atoms with Gasteiger partial charge in [0.05, 0.1) is 31.3 Å². The van der Waals surface area contributed by atoms with Crippen LogP contribution in [0.15, 0.2) is 36.5 Å². The molecule has 3 rings (SSSR count). The maximum Gasteiger partial charge on any atom is 0.328 e. The fraction of sp³-hybridized carbons (Fsp3) is 0.444. The lowest BCUT2D eigenvalue weighted by atomic mass is 10.1. The molecule has 1 aromatic carbocycles. The molecule has 2 atom stereocenters. The normalized spacial score (nSPS) is 15.2. The van der Waals surface area contributed by atoms with Crippen molar-refractivity contribution in [3.8, 4) is 0 Å². The highest BCUT2D eigenvalue weighted by molar-refractivity contribution is 6.38. The molecule has 0 aliphatic carbocycles. The summed E-state index contributed by atoms with van der Waals surface area (Å²) in [4.78, 5) is 80.6. The molecule has 13 nitrogen and oxygen atoms in total. The van der Waals surface area contributed by atoms with Crippen molar-refractivity contribution in [3.63, 3.8) is 0 Å². The molecule has 1 aliphatic heterocycles. The van der Waals surface area contributed by atoms with Crippen molar-refractivity contribution in [1.82, 2.24) is 25.8 Å². The molecule has 1 aromatic heterocycles. The zero-order valence-electron chi connectivity index (χ0n) is 22.3. The standard InChI is InChI=1S/C27H34N6O7/c1-40-27(39)20(9-4-5-12-28)32-22(34)15-30-26(38)24(36)21-10-6-14-33(21)23(35)16-31-25(37)18-11-13-29-19-8-3-2-7-17(18)19/h2-3,7-8,11,13,20-21H,4-6,9-10,12,14-16,28H2,1H3,(H,30,38)(H,31,37)(H,32,34)/t20-,21-/m0/s1. The molecule has 2 aromatic rings. The number of aromatic nitrogens is 1. The topological polar surface area (TPSA) is 190 Å². The van der Waals surface area contributed by atoms with Gasteiger partial charge in [0.1, 0.15) is 12.1 Å². The smallest absolute Gasteiger partial charge is 0.328 e. The molecular formula is C27H34N6O7. The summed E-state index contributed by atoms with van der Waals surface area (Å²) in [6.07, 6.45) is 3.85. The third kappa shape index (κ3) is 7.82. The van der Waals surface area contributed by atoms with Crippen molar-refractivity contribution in [2.24, 2.45) is 5.73 Å². The Morgan fingerprint density at radius 2 is 1.85 bits per heavy atom. The maximum atomic E-state index is 12.9. The number of carbonyl (C=O) groups excluding carboxylic acids is 6. The van der Waals surface area contributed by atoms with Gasteiger partial charge in [0, 0.05) is 18.1 Å². The SMILES string of the molecule is COC(=O)[C@H](CCCCN)NC(=O)CNC(=O)C(=O)[C@@H]1CCCN1C(=O)CNC(=O)c1ccnc2ccccc12. The van der Waals surface area contributed by atoms with Crippen molar-refractivity contribution in [2.45, 2.75) is 44.2 Å². The van der Waals surface area contributed by atoms with E-state index in [-0.39, 0.29) is 19.5 Å². The first-order valence-electron chi connectivity index (χ1n) is 13.1. The number of likely N-dealkylation sites (tertiary alicyclic amines) is 1. The van der Waals surface area contributed by atoms with Crippen LogP contribution in [0.1, 0.15) is 42.5 Å². The Bertz CT molecular complexity index is 1260. The van der Waals surface area contributed by atoms with Gasteiger partial charge in [-0.3, -0.25) is 29.0 Å². The van der Waals surface area contributed by atoms with Crippen LogP contribution in [-0.2, 0) is 28.7 Å². The minimum absolute atomic E-state index is 0.251. The average Bonchev–Trinajstić information content (AvgIpc) is 3.47. The number of fused-ring (bicyclic) bond motifs is 1. The first-order chi connectivity index (χ1) is 19.3. The highest BCUT2D eigenvalue weighted by atomic mass is 16.5. The van der Waals surface area contributed by atoms with Gasteiger partial charge in [0.2, 0.25) is 17.6 Å². The van der Waals surface area contributed by atoms with Gasteiger partial charge in [-0.25, -0.2) is 4.79 Å². The monoisotopic (exact) mass is 554 g/mol. The van der Waals surface area contributed by atoms with E-state index in [4.69, 9.17) is 10.5 Å². The molecule has 2 heterocycles. The highest BCUT2D eigenvalue weighted by Gasteiger charge is 2.37. The minimum atomic E-state index is -1.02. The van der Waals surface area contributed by atoms with Gasteiger partial charge in [-0.15, -0.1) is 0 Å². The van der Waals surface area contributed by atoms with Crippen LogP contribution >= 0.6 is 0 Å². The fourth-order valence-corrected chi connectivity index (χ4v) is 4.51. The Balaban J connectivity index is 1.51. The van der Waals surface area contributed by atoms with E-state index in [1.807, 2.05) is 0 Å². The highest BCUT2D eigenvalue weighted by Crippen LogP contribution is 2.19. The Hall–Kier alpha value is -4.39. The van der Waals surface area contributed by atoms with E-state index >= 15 is 0 Å². The lowest BCUT2D eigenvalue weighted by Crippen LogP contribution is -2.51. The van der Waals surface area contributed by atoms with Gasteiger partial charge in [-0.2, -0.15) is 0 Å². The molecule has 0 unspecified atom stereocenters. The van der Waals surface area contributed by atoms with Crippen LogP contribution in [0.4, 0.5) is 0 Å². The van der Waals surface area contributed by atoms with E-state index in [0.29, 0.717) is 48.7 Å². The Morgan fingerprint density at radius 1 is 1.07 bits per heavy atom. The molecule has 1 fully saturated rings. The van der Waals surface area contributed by atoms with E-state index < -0.39 is 54.0 Å². The number of amides is 4. The number of ketones is 1. The molecule has 0 bridgehead atoms. The first-order valence-corrected chi connectivity index (χ1v) is 13.1. The zero-order valence-corrected chi connectivity index (χ0v) is 22.3. The number of carbonyl (C=O) groups is 6. The predicted octanol–water partition coefficient (Wildman–Crippen LogP) is -0.572. The number of benzene rings is 1. The molecule has 0 saturated carbocycles. The summed E-state index contributed by atoms with van der Waals surface area (Å²) in [6, 6.07) is 6.75. The van der Waals surface area contributed by atoms with E-state index in [2.05, 4.69) is 20.9 Å². The van der Waals surface area contributed by atoms with Gasteiger partial charge in [-0.05, 0) is 50.8 Å². The fourth-order valence-electron chi connectivity index (χ4n) is 4.51. The second-order valence-electron chi connectivity index (χ2n) is 9.28. The molecule has 214 valence electrons. The second kappa shape index (κ2) is 14.7. The maximum absolute atomic E-state index is 12.9. The Morgan fingerprint density at radius 3 is 2.60 bits per heavy atom. The number of unbranched alkanes of at least 4 members (excludes halogenated alkanes) is 1. The molecule has 40 heavy (non-hydrogen) atoms. The summed E-state index contributed by atoms with van der Waals surface area (Å²) in [5.74, 6) is -4.16. The van der Waals surface area contributed by atoms with Gasteiger partial charge >= 0.3 is 5.97 Å². The van der Waals surface area contributed by atoms with Gasteiger partial charge in [0.25, 0.3) is 11.8 Å². The number of nitrogens with zero attached hydrogens (tertiary/aromatic N) is 2. The molecule has 1 saturated heterocycles. The number of nitrogens with one attached hydrogen (secondary N) is 3. The van der Waals surface area contributed by atoms with Crippen LogP contribution in [0.2, 0.25) is 0 Å². The number of Topliss-reactive ketones (excluding diaryl/α,β-unsaturated/α-hetero) is 1. The van der Waals surface area contributed by atoms with Crippen LogP contribution in [0.5, 0.6) is 0 Å². The summed E-state index contributed by atoms with van der Waals surface area (Å²) < 4.78 is 4.70. The quantitative estimate of drug-likeness (QED) is 0.143. The summed E-state index contributed by atoms with van der Waals surface area (Å²) in [6.45, 7) is -0.205. The molecular weight excluding hydrogens is 520 g/mol. The predicted molar refractivity (Wildman–Crippen MR) is 144 cm³/mol. The van der Waals surface area contributed by atoms with Crippen LogP contribution < -0.4 is 21.7 Å². The zero-order chi connectivity index (χ0) is 29.1. The third-order valence-corrected chi connectivity index (χ3v) is 6.57. The van der Waals surface area contributed by atoms with Crippen molar-refractivity contribution in [2.75, 3.05) is 33.3 Å². The molecule has 13 heteroatoms. The molecule has 5 N–H and O–H groups in total. The molecule has 0 spiro atoms. The summed E-state index contributed by atoms with van der Waals surface area (Å²) in [7, 11) is 1.20. The lowest BCUT2D eigenvalue weighted by Gasteiger charge is -2.23. The number of methoxy groups -OCH3 is 1. The first kappa shape index (κ1) is 30.2. The summed E-state index contributed by atoms with van der Waals surface area (Å²) >= 11 is 0. The Labute approximate surface area is 231 Å². The van der Waals surface area contributed by atoms with Crippen molar-refractivity contribution in [1.29, 1.82) is 0 Å². The van der Waals surface area contributed by atoms with Crippen molar-refractivity contribution in [3.05, 3.63) is 42.1 Å². The third-order valence-electron chi connectivity index (χ3n) is 6.57. The summed E-state index contributed by atoms with van der Waals surface area (Å²) in [5, 5.41) is 7.95. The number of hydrogen-bond acceptors (Lipinski definition) is 9. The summed E-state index contributed by atoms with van der Waals surface area (Å²) in [5.41, 5.74) is 6.46. The second-order valence-corrected chi connectivity index (χ2v) is 9.28. The number of esters is 1. The minimum Gasteiger partial charge on any atom is -0.467 e. The van der Waals surface area contributed by atoms with Gasteiger partial charge in [-0.1, -0.05) is 18.2 Å². The van der Waals surface area contributed by atoms with E-state index in [1.54, 1.807) is 30.3 Å². The van der Waals surface area contributed by atoms with Crippen LogP contribution in [0.25, 0.3) is 10.9 Å². The van der Waals surface area contributed by atoms with Crippen LogP contribution in [0.3, 0.4) is 0 Å². The van der Waals surface area contributed by atoms with Crippen molar-refractivity contribution >= 4 is 46.3 Å². The van der Waals surface area contributed by atoms with Crippen LogP contribution in [-0.4, -0.2) is 90.6 Å². The molecule has 4 amide bonds. The number of hydrogen-bond donors (Lipinski definition) is 4.